The molecule has 3 nitrogen and oxygen atoms in total. The molecule has 0 heterocycles. The SMILES string of the molecule is COCOc1cccc(CC(C)=O)c1. The van der Waals surface area contributed by atoms with E-state index in [1.165, 1.54) is 0 Å². The Morgan fingerprint density at radius 2 is 2.21 bits per heavy atom. The van der Waals surface area contributed by atoms with E-state index in [-0.39, 0.29) is 12.6 Å². The van der Waals surface area contributed by atoms with Crippen LogP contribution in [0.5, 0.6) is 5.75 Å². The number of benzene rings is 1. The Bertz CT molecular complexity index is 307. The summed E-state index contributed by atoms with van der Waals surface area (Å²) in [6.07, 6.45) is 0.449. The highest BCUT2D eigenvalue weighted by atomic mass is 16.7. The maximum Gasteiger partial charge on any atom is 0.188 e. The zero-order chi connectivity index (χ0) is 10.4. The van der Waals surface area contributed by atoms with E-state index in [0.717, 1.165) is 11.3 Å². The molecule has 1 aromatic carbocycles. The fourth-order valence-corrected chi connectivity index (χ4v) is 1.16. The minimum absolute atomic E-state index is 0.147. The van der Waals surface area contributed by atoms with Gasteiger partial charge in [0.15, 0.2) is 6.79 Å². The van der Waals surface area contributed by atoms with Gasteiger partial charge in [0.1, 0.15) is 11.5 Å². The van der Waals surface area contributed by atoms with Gasteiger partial charge in [0, 0.05) is 13.5 Å². The van der Waals surface area contributed by atoms with Gasteiger partial charge in [0.05, 0.1) is 0 Å². The van der Waals surface area contributed by atoms with Gasteiger partial charge < -0.3 is 9.47 Å². The molecule has 0 amide bonds. The summed E-state index contributed by atoms with van der Waals surface area (Å²) in [5.74, 6) is 0.875. The average molecular weight is 194 g/mol. The largest absolute Gasteiger partial charge is 0.468 e. The van der Waals surface area contributed by atoms with Crippen LogP contribution in [0.4, 0.5) is 0 Å². The molecule has 0 aliphatic heterocycles. The van der Waals surface area contributed by atoms with Crippen LogP contribution in [0.15, 0.2) is 24.3 Å². The molecule has 0 saturated carbocycles. The molecule has 1 rings (SSSR count). The molecule has 1 aromatic rings. The van der Waals surface area contributed by atoms with Gasteiger partial charge in [0.2, 0.25) is 0 Å². The molecule has 0 atom stereocenters. The van der Waals surface area contributed by atoms with E-state index in [0.29, 0.717) is 6.42 Å². The summed E-state index contributed by atoms with van der Waals surface area (Å²) in [5, 5.41) is 0. The molecule has 76 valence electrons. The van der Waals surface area contributed by atoms with E-state index in [1.54, 1.807) is 14.0 Å². The number of ether oxygens (including phenoxy) is 2. The van der Waals surface area contributed by atoms with E-state index in [1.807, 2.05) is 24.3 Å². The Labute approximate surface area is 83.6 Å². The van der Waals surface area contributed by atoms with Crippen LogP contribution in [0.2, 0.25) is 0 Å². The standard InChI is InChI=1S/C11H14O3/c1-9(12)6-10-4-3-5-11(7-10)14-8-13-2/h3-5,7H,6,8H2,1-2H3. The summed E-state index contributed by atoms with van der Waals surface area (Å²) in [4.78, 5) is 10.9. The van der Waals surface area contributed by atoms with Gasteiger partial charge >= 0.3 is 0 Å². The lowest BCUT2D eigenvalue weighted by atomic mass is 10.1. The second-order valence-corrected chi connectivity index (χ2v) is 3.08. The minimum Gasteiger partial charge on any atom is -0.468 e. The molecular formula is C11H14O3. The Hall–Kier alpha value is -1.35. The highest BCUT2D eigenvalue weighted by molar-refractivity contribution is 5.78. The molecule has 0 saturated heterocycles. The molecule has 3 heteroatoms. The van der Waals surface area contributed by atoms with Crippen molar-refractivity contribution in [3.05, 3.63) is 29.8 Å². The van der Waals surface area contributed by atoms with Crippen LogP contribution in [0, 0.1) is 0 Å². The third-order valence-corrected chi connectivity index (χ3v) is 1.69. The van der Waals surface area contributed by atoms with Gasteiger partial charge in [-0.3, -0.25) is 4.79 Å². The molecule has 0 N–H and O–H groups in total. The fourth-order valence-electron chi connectivity index (χ4n) is 1.16. The van der Waals surface area contributed by atoms with Crippen LogP contribution in [-0.4, -0.2) is 19.7 Å². The highest BCUT2D eigenvalue weighted by Crippen LogP contribution is 2.13. The monoisotopic (exact) mass is 194 g/mol. The van der Waals surface area contributed by atoms with Crippen LogP contribution in [0.1, 0.15) is 12.5 Å². The zero-order valence-corrected chi connectivity index (χ0v) is 8.45. The number of carbonyl (C=O) groups is 1. The summed E-state index contributed by atoms with van der Waals surface area (Å²) in [6.45, 7) is 1.80. The van der Waals surface area contributed by atoms with Crippen molar-refractivity contribution in [2.75, 3.05) is 13.9 Å². The van der Waals surface area contributed by atoms with Crippen LogP contribution in [0.3, 0.4) is 0 Å². The summed E-state index contributed by atoms with van der Waals surface area (Å²) >= 11 is 0. The Kier molecular flexibility index (Phi) is 4.13. The van der Waals surface area contributed by atoms with Crippen molar-refractivity contribution >= 4 is 5.78 Å². The van der Waals surface area contributed by atoms with Crippen LogP contribution in [0.25, 0.3) is 0 Å². The first-order chi connectivity index (χ1) is 6.72. The van der Waals surface area contributed by atoms with E-state index in [9.17, 15) is 4.79 Å². The molecular weight excluding hydrogens is 180 g/mol. The lowest BCUT2D eigenvalue weighted by Gasteiger charge is -2.05. The first-order valence-electron chi connectivity index (χ1n) is 4.42. The van der Waals surface area contributed by atoms with Crippen molar-refractivity contribution in [3.8, 4) is 5.75 Å². The first-order valence-corrected chi connectivity index (χ1v) is 4.42. The maximum absolute atomic E-state index is 10.9. The van der Waals surface area contributed by atoms with Crippen molar-refractivity contribution in [1.82, 2.24) is 0 Å². The smallest absolute Gasteiger partial charge is 0.188 e. The van der Waals surface area contributed by atoms with Crippen LogP contribution in [-0.2, 0) is 16.0 Å². The van der Waals surface area contributed by atoms with Crippen molar-refractivity contribution in [3.63, 3.8) is 0 Å². The number of hydrogen-bond acceptors (Lipinski definition) is 3. The number of ketones is 1. The van der Waals surface area contributed by atoms with Crippen molar-refractivity contribution in [2.45, 2.75) is 13.3 Å². The van der Waals surface area contributed by atoms with Gasteiger partial charge in [-0.1, -0.05) is 12.1 Å². The minimum atomic E-state index is 0.147. The zero-order valence-electron chi connectivity index (χ0n) is 8.45. The molecule has 14 heavy (non-hydrogen) atoms. The lowest BCUT2D eigenvalue weighted by Crippen LogP contribution is -2.00. The number of Topliss-reactive ketones (excluding diaryl/α,β-unsaturated/α-hetero) is 1. The summed E-state index contributed by atoms with van der Waals surface area (Å²) in [5.41, 5.74) is 0.964. The van der Waals surface area contributed by atoms with Gasteiger partial charge in [-0.15, -0.1) is 0 Å². The van der Waals surface area contributed by atoms with E-state index >= 15 is 0 Å². The van der Waals surface area contributed by atoms with Crippen LogP contribution < -0.4 is 4.74 Å². The molecule has 0 aliphatic carbocycles. The predicted molar refractivity (Wildman–Crippen MR) is 53.3 cm³/mol. The van der Waals surface area contributed by atoms with E-state index < -0.39 is 0 Å². The molecule has 0 radical (unpaired) electrons. The normalized spacial score (nSPS) is 9.86. The second kappa shape index (κ2) is 5.40. The quantitative estimate of drug-likeness (QED) is 0.670. The van der Waals surface area contributed by atoms with Crippen molar-refractivity contribution in [2.24, 2.45) is 0 Å². The van der Waals surface area contributed by atoms with Gasteiger partial charge in [-0.25, -0.2) is 0 Å². The summed E-state index contributed by atoms with van der Waals surface area (Å²) in [7, 11) is 1.57. The van der Waals surface area contributed by atoms with Gasteiger partial charge in [0.25, 0.3) is 0 Å². The second-order valence-electron chi connectivity index (χ2n) is 3.08. The Balaban J connectivity index is 2.63. The van der Waals surface area contributed by atoms with Crippen molar-refractivity contribution < 1.29 is 14.3 Å². The molecule has 0 aromatic heterocycles. The number of carbonyl (C=O) groups excluding carboxylic acids is 1. The number of hydrogen-bond donors (Lipinski definition) is 0. The third kappa shape index (κ3) is 3.58. The number of methoxy groups -OCH3 is 1. The topological polar surface area (TPSA) is 35.5 Å². The first kappa shape index (κ1) is 10.7. The molecule has 0 unspecified atom stereocenters. The Morgan fingerprint density at radius 1 is 1.43 bits per heavy atom. The molecule has 0 bridgehead atoms. The Morgan fingerprint density at radius 3 is 2.86 bits per heavy atom. The maximum atomic E-state index is 10.9. The number of rotatable bonds is 5. The van der Waals surface area contributed by atoms with Gasteiger partial charge in [-0.2, -0.15) is 0 Å². The summed E-state index contributed by atoms with van der Waals surface area (Å²) < 4.78 is 10.0. The highest BCUT2D eigenvalue weighted by Gasteiger charge is 1.99. The summed E-state index contributed by atoms with van der Waals surface area (Å²) in [6, 6.07) is 7.45. The third-order valence-electron chi connectivity index (χ3n) is 1.69. The molecule has 0 fully saturated rings. The molecule has 0 spiro atoms. The van der Waals surface area contributed by atoms with Crippen molar-refractivity contribution in [1.29, 1.82) is 0 Å². The molecule has 0 aliphatic rings. The van der Waals surface area contributed by atoms with E-state index in [4.69, 9.17) is 9.47 Å². The lowest BCUT2D eigenvalue weighted by molar-refractivity contribution is -0.116. The van der Waals surface area contributed by atoms with E-state index in [2.05, 4.69) is 0 Å². The van der Waals surface area contributed by atoms with Crippen LogP contribution >= 0.6 is 0 Å². The average Bonchev–Trinajstić information content (AvgIpc) is 2.14. The van der Waals surface area contributed by atoms with Gasteiger partial charge in [-0.05, 0) is 24.6 Å². The fraction of sp³-hybridized carbons (Fsp3) is 0.364. The predicted octanol–water partition coefficient (Wildman–Crippen LogP) is 1.80.